The van der Waals surface area contributed by atoms with Crippen molar-refractivity contribution in [1.29, 1.82) is 0 Å². The number of rotatable bonds is 5. The molecule has 106 valence electrons. The first-order chi connectivity index (χ1) is 9.30. The summed E-state index contributed by atoms with van der Waals surface area (Å²) in [6.07, 6.45) is 3.45. The number of likely N-dealkylation sites (tertiary alicyclic amines) is 1. The van der Waals surface area contributed by atoms with Gasteiger partial charge in [-0.25, -0.2) is 0 Å². The molecule has 0 radical (unpaired) electrons. The fourth-order valence-corrected chi connectivity index (χ4v) is 3.68. The van der Waals surface area contributed by atoms with Gasteiger partial charge in [-0.2, -0.15) is 0 Å². The van der Waals surface area contributed by atoms with Gasteiger partial charge in [-0.15, -0.1) is 5.10 Å². The summed E-state index contributed by atoms with van der Waals surface area (Å²) in [4.78, 5) is 2.44. The van der Waals surface area contributed by atoms with E-state index in [1.54, 1.807) is 7.11 Å². The van der Waals surface area contributed by atoms with Gasteiger partial charge in [0.25, 0.3) is 0 Å². The maximum Gasteiger partial charge on any atom is 0.0895 e. The molecule has 3 rings (SSSR count). The van der Waals surface area contributed by atoms with Crippen LogP contribution in [0.2, 0.25) is 0 Å². The van der Waals surface area contributed by atoms with Crippen molar-refractivity contribution < 1.29 is 9.47 Å². The zero-order valence-corrected chi connectivity index (χ0v) is 12.2. The lowest BCUT2D eigenvalue weighted by Gasteiger charge is -2.23. The van der Waals surface area contributed by atoms with Gasteiger partial charge in [0.05, 0.1) is 17.9 Å². The molecule has 6 heteroatoms. The monoisotopic (exact) mass is 283 g/mol. The van der Waals surface area contributed by atoms with E-state index in [0.29, 0.717) is 5.92 Å². The van der Waals surface area contributed by atoms with Crippen molar-refractivity contribution in [2.75, 3.05) is 33.4 Å². The molecule has 1 aromatic rings. The second-order valence-electron chi connectivity index (χ2n) is 5.70. The SMILES string of the molecule is COCCC1COC2(CCN(Cc3csnn3)C2)C1. The second-order valence-corrected chi connectivity index (χ2v) is 6.31. The molecule has 2 atom stereocenters. The van der Waals surface area contributed by atoms with Gasteiger partial charge in [0.1, 0.15) is 0 Å². The molecule has 2 saturated heterocycles. The van der Waals surface area contributed by atoms with Gasteiger partial charge in [-0.1, -0.05) is 4.49 Å². The largest absolute Gasteiger partial charge is 0.385 e. The molecule has 19 heavy (non-hydrogen) atoms. The van der Waals surface area contributed by atoms with Crippen LogP contribution < -0.4 is 0 Å². The first-order valence-electron chi connectivity index (χ1n) is 6.91. The molecule has 2 fully saturated rings. The summed E-state index contributed by atoms with van der Waals surface area (Å²) < 4.78 is 15.2. The van der Waals surface area contributed by atoms with Crippen LogP contribution in [0, 0.1) is 5.92 Å². The van der Waals surface area contributed by atoms with Crippen LogP contribution in [0.15, 0.2) is 5.38 Å². The van der Waals surface area contributed by atoms with E-state index >= 15 is 0 Å². The van der Waals surface area contributed by atoms with Crippen LogP contribution in [0.1, 0.15) is 25.0 Å². The second kappa shape index (κ2) is 5.83. The molecule has 2 aliphatic heterocycles. The number of hydrogen-bond donors (Lipinski definition) is 0. The topological polar surface area (TPSA) is 47.5 Å². The lowest BCUT2D eigenvalue weighted by molar-refractivity contribution is 0.0107. The van der Waals surface area contributed by atoms with E-state index in [1.165, 1.54) is 18.0 Å². The molecule has 3 heterocycles. The minimum absolute atomic E-state index is 0.0991. The zero-order chi connectivity index (χ0) is 13.1. The van der Waals surface area contributed by atoms with Gasteiger partial charge in [0.15, 0.2) is 0 Å². The number of hydrogen-bond acceptors (Lipinski definition) is 6. The van der Waals surface area contributed by atoms with E-state index in [0.717, 1.165) is 51.4 Å². The Labute approximate surface area is 118 Å². The van der Waals surface area contributed by atoms with E-state index in [9.17, 15) is 0 Å². The Balaban J connectivity index is 1.51. The van der Waals surface area contributed by atoms with Crippen molar-refractivity contribution >= 4 is 11.5 Å². The van der Waals surface area contributed by atoms with E-state index in [4.69, 9.17) is 9.47 Å². The molecule has 0 bridgehead atoms. The Morgan fingerprint density at radius 1 is 1.63 bits per heavy atom. The quantitative estimate of drug-likeness (QED) is 0.820. The molecule has 0 saturated carbocycles. The Hall–Kier alpha value is -0.560. The zero-order valence-electron chi connectivity index (χ0n) is 11.4. The maximum absolute atomic E-state index is 6.13. The molecule has 0 aliphatic carbocycles. The van der Waals surface area contributed by atoms with E-state index < -0.39 is 0 Å². The third-order valence-electron chi connectivity index (χ3n) is 4.20. The van der Waals surface area contributed by atoms with Crippen LogP contribution >= 0.6 is 11.5 Å². The fraction of sp³-hybridized carbons (Fsp3) is 0.846. The highest BCUT2D eigenvalue weighted by Gasteiger charge is 2.45. The highest BCUT2D eigenvalue weighted by molar-refractivity contribution is 7.03. The molecule has 5 nitrogen and oxygen atoms in total. The maximum atomic E-state index is 6.13. The fourth-order valence-electron chi connectivity index (χ4n) is 3.24. The molecular formula is C13H21N3O2S. The lowest BCUT2D eigenvalue weighted by atomic mass is 9.92. The van der Waals surface area contributed by atoms with Crippen LogP contribution in [0.3, 0.4) is 0 Å². The van der Waals surface area contributed by atoms with Gasteiger partial charge in [-0.3, -0.25) is 4.90 Å². The van der Waals surface area contributed by atoms with Crippen molar-refractivity contribution in [3.05, 3.63) is 11.1 Å². The predicted molar refractivity (Wildman–Crippen MR) is 73.1 cm³/mol. The van der Waals surface area contributed by atoms with Crippen molar-refractivity contribution in [3.63, 3.8) is 0 Å². The highest BCUT2D eigenvalue weighted by Crippen LogP contribution is 2.39. The Morgan fingerprint density at radius 3 is 3.37 bits per heavy atom. The molecular weight excluding hydrogens is 262 g/mol. The third kappa shape index (κ3) is 3.13. The lowest BCUT2D eigenvalue weighted by Crippen LogP contribution is -2.32. The van der Waals surface area contributed by atoms with Gasteiger partial charge < -0.3 is 9.47 Å². The van der Waals surface area contributed by atoms with Crippen LogP contribution in [-0.4, -0.2) is 53.5 Å². The van der Waals surface area contributed by atoms with Gasteiger partial charge in [-0.05, 0) is 36.7 Å². The molecule has 1 aromatic heterocycles. The summed E-state index contributed by atoms with van der Waals surface area (Å²) in [7, 11) is 1.77. The van der Waals surface area contributed by atoms with Crippen molar-refractivity contribution in [2.45, 2.75) is 31.4 Å². The summed E-state index contributed by atoms with van der Waals surface area (Å²) in [5, 5.41) is 6.15. The normalized spacial score (nSPS) is 31.5. The average Bonchev–Trinajstić information content (AvgIpc) is 3.12. The summed E-state index contributed by atoms with van der Waals surface area (Å²) >= 11 is 1.42. The van der Waals surface area contributed by atoms with Crippen molar-refractivity contribution in [2.24, 2.45) is 5.92 Å². The summed E-state index contributed by atoms with van der Waals surface area (Å²) in [5.74, 6) is 0.667. The molecule has 0 aromatic carbocycles. The number of ether oxygens (including phenoxy) is 2. The van der Waals surface area contributed by atoms with E-state index in [2.05, 4.69) is 14.5 Å². The summed E-state index contributed by atoms with van der Waals surface area (Å²) in [6, 6.07) is 0. The van der Waals surface area contributed by atoms with Gasteiger partial charge in [0.2, 0.25) is 0 Å². The Kier molecular flexibility index (Phi) is 4.12. The minimum Gasteiger partial charge on any atom is -0.385 e. The minimum atomic E-state index is 0.0991. The van der Waals surface area contributed by atoms with Gasteiger partial charge >= 0.3 is 0 Å². The molecule has 0 amide bonds. The van der Waals surface area contributed by atoms with Crippen LogP contribution in [0.5, 0.6) is 0 Å². The molecule has 2 aliphatic rings. The van der Waals surface area contributed by atoms with Crippen LogP contribution in [0.4, 0.5) is 0 Å². The van der Waals surface area contributed by atoms with Crippen molar-refractivity contribution in [3.8, 4) is 0 Å². The van der Waals surface area contributed by atoms with Crippen molar-refractivity contribution in [1.82, 2.24) is 14.5 Å². The van der Waals surface area contributed by atoms with Gasteiger partial charge in [0, 0.05) is 38.7 Å². The first kappa shape index (κ1) is 13.4. The first-order valence-corrected chi connectivity index (χ1v) is 7.74. The smallest absolute Gasteiger partial charge is 0.0895 e. The van der Waals surface area contributed by atoms with Crippen LogP contribution in [-0.2, 0) is 16.0 Å². The molecule has 2 unspecified atom stereocenters. The van der Waals surface area contributed by atoms with Crippen LogP contribution in [0.25, 0.3) is 0 Å². The third-order valence-corrected chi connectivity index (χ3v) is 4.76. The molecule has 1 spiro atoms. The average molecular weight is 283 g/mol. The van der Waals surface area contributed by atoms with E-state index in [-0.39, 0.29) is 5.60 Å². The number of methoxy groups -OCH3 is 1. The summed E-state index contributed by atoms with van der Waals surface area (Å²) in [6.45, 7) is 4.79. The van der Waals surface area contributed by atoms with E-state index in [1.807, 2.05) is 5.38 Å². The Morgan fingerprint density at radius 2 is 2.58 bits per heavy atom. The molecule has 0 N–H and O–H groups in total. The highest BCUT2D eigenvalue weighted by atomic mass is 32.1. The summed E-state index contributed by atoms with van der Waals surface area (Å²) in [5.41, 5.74) is 1.18. The number of nitrogens with zero attached hydrogens (tertiary/aromatic N) is 3. The number of aromatic nitrogens is 2. The predicted octanol–water partition coefficient (Wildman–Crippen LogP) is 1.56. The standard InChI is InChI=1S/C13H21N3O2S/c1-17-5-2-11-6-13(18-8-11)3-4-16(10-13)7-12-9-19-15-14-12/h9,11H,2-8,10H2,1H3. The Bertz CT molecular complexity index is 401.